The van der Waals surface area contributed by atoms with Crippen molar-refractivity contribution in [2.75, 3.05) is 19.8 Å². The Hall–Kier alpha value is -0.120. The largest absolute Gasteiger partial charge is 0.391 e. The van der Waals surface area contributed by atoms with E-state index in [1.807, 2.05) is 6.92 Å². The summed E-state index contributed by atoms with van der Waals surface area (Å²) in [7, 11) is 0. The van der Waals surface area contributed by atoms with Crippen LogP contribution >= 0.6 is 0 Å². The smallest absolute Gasteiger partial charge is 0.0804 e. The van der Waals surface area contributed by atoms with Crippen LogP contribution in [0.2, 0.25) is 0 Å². The van der Waals surface area contributed by atoms with Crippen molar-refractivity contribution in [2.45, 2.75) is 45.8 Å². The zero-order valence-corrected chi connectivity index (χ0v) is 8.95. The highest BCUT2D eigenvalue weighted by Gasteiger charge is 2.07. The summed E-state index contributed by atoms with van der Waals surface area (Å²) in [6.07, 6.45) is 1.75. The van der Waals surface area contributed by atoms with Crippen molar-refractivity contribution in [1.29, 1.82) is 0 Å². The molecule has 0 saturated carbocycles. The van der Waals surface area contributed by atoms with E-state index >= 15 is 0 Å². The molecule has 0 amide bonds. The molecule has 2 unspecified atom stereocenters. The van der Waals surface area contributed by atoms with Gasteiger partial charge in [0.2, 0.25) is 0 Å². The Morgan fingerprint density at radius 1 is 1.15 bits per heavy atom. The molecule has 0 aromatic heterocycles. The van der Waals surface area contributed by atoms with Crippen molar-refractivity contribution >= 4 is 0 Å². The van der Waals surface area contributed by atoms with E-state index in [4.69, 9.17) is 14.6 Å². The Morgan fingerprint density at radius 2 is 1.85 bits per heavy atom. The van der Waals surface area contributed by atoms with Gasteiger partial charge in [-0.2, -0.15) is 0 Å². The SMILES string of the molecule is CCCCOCCOC(C)C(C)O. The standard InChI is InChI=1S/C10H22O3/c1-4-5-6-12-7-8-13-10(3)9(2)11/h9-11H,4-8H2,1-3H3. The summed E-state index contributed by atoms with van der Waals surface area (Å²) in [5, 5.41) is 9.10. The molecule has 0 rings (SSSR count). The third kappa shape index (κ3) is 8.22. The minimum Gasteiger partial charge on any atom is -0.391 e. The first-order valence-corrected chi connectivity index (χ1v) is 5.06. The van der Waals surface area contributed by atoms with Crippen LogP contribution in [0.25, 0.3) is 0 Å². The molecule has 0 aliphatic heterocycles. The van der Waals surface area contributed by atoms with E-state index in [9.17, 15) is 0 Å². The molecule has 3 nitrogen and oxygen atoms in total. The molecule has 3 heteroatoms. The van der Waals surface area contributed by atoms with Gasteiger partial charge in [-0.05, 0) is 20.3 Å². The van der Waals surface area contributed by atoms with E-state index in [0.717, 1.165) is 19.4 Å². The lowest BCUT2D eigenvalue weighted by Gasteiger charge is -2.15. The van der Waals surface area contributed by atoms with Crippen LogP contribution in [0.4, 0.5) is 0 Å². The third-order valence-corrected chi connectivity index (χ3v) is 1.93. The van der Waals surface area contributed by atoms with Gasteiger partial charge >= 0.3 is 0 Å². The normalized spacial score (nSPS) is 15.7. The lowest BCUT2D eigenvalue weighted by molar-refractivity contribution is -0.0407. The van der Waals surface area contributed by atoms with Gasteiger partial charge < -0.3 is 14.6 Å². The van der Waals surface area contributed by atoms with Crippen LogP contribution in [0.1, 0.15) is 33.6 Å². The molecule has 0 bridgehead atoms. The van der Waals surface area contributed by atoms with Crippen LogP contribution in [-0.4, -0.2) is 37.1 Å². The Labute approximate surface area is 81.0 Å². The fraction of sp³-hybridized carbons (Fsp3) is 1.00. The number of hydrogen-bond donors (Lipinski definition) is 1. The van der Waals surface area contributed by atoms with Crippen molar-refractivity contribution in [3.8, 4) is 0 Å². The highest BCUT2D eigenvalue weighted by Crippen LogP contribution is 1.97. The Morgan fingerprint density at radius 3 is 2.38 bits per heavy atom. The molecule has 0 aromatic rings. The van der Waals surface area contributed by atoms with E-state index in [-0.39, 0.29) is 6.10 Å². The number of aliphatic hydroxyl groups is 1. The monoisotopic (exact) mass is 190 g/mol. The first kappa shape index (κ1) is 12.9. The number of rotatable bonds is 8. The molecule has 0 aliphatic carbocycles. The van der Waals surface area contributed by atoms with Crippen LogP contribution in [0.3, 0.4) is 0 Å². The highest BCUT2D eigenvalue weighted by molar-refractivity contribution is 4.56. The maximum Gasteiger partial charge on any atom is 0.0804 e. The molecule has 0 fully saturated rings. The predicted molar refractivity (Wildman–Crippen MR) is 52.8 cm³/mol. The summed E-state index contributed by atoms with van der Waals surface area (Å²) in [6, 6.07) is 0. The van der Waals surface area contributed by atoms with Gasteiger partial charge in [-0.1, -0.05) is 13.3 Å². The van der Waals surface area contributed by atoms with Gasteiger partial charge in [0.05, 0.1) is 25.4 Å². The lowest BCUT2D eigenvalue weighted by atomic mass is 10.3. The molecule has 0 radical (unpaired) electrons. The molecular weight excluding hydrogens is 168 g/mol. The van der Waals surface area contributed by atoms with Gasteiger partial charge in [0.25, 0.3) is 0 Å². The zero-order valence-electron chi connectivity index (χ0n) is 8.95. The average Bonchev–Trinajstić information content (AvgIpc) is 2.10. The molecular formula is C10H22O3. The molecule has 0 spiro atoms. The van der Waals surface area contributed by atoms with Crippen LogP contribution in [0.15, 0.2) is 0 Å². The summed E-state index contributed by atoms with van der Waals surface area (Å²) < 4.78 is 10.6. The van der Waals surface area contributed by atoms with Crippen LogP contribution in [-0.2, 0) is 9.47 Å². The molecule has 1 N–H and O–H groups in total. The van der Waals surface area contributed by atoms with Crippen LogP contribution in [0.5, 0.6) is 0 Å². The summed E-state index contributed by atoms with van der Waals surface area (Å²) in [6.45, 7) is 7.71. The number of ether oxygens (including phenoxy) is 2. The summed E-state index contributed by atoms with van der Waals surface area (Å²) in [5.41, 5.74) is 0. The van der Waals surface area contributed by atoms with E-state index < -0.39 is 6.10 Å². The van der Waals surface area contributed by atoms with E-state index in [1.54, 1.807) is 6.92 Å². The van der Waals surface area contributed by atoms with Crippen molar-refractivity contribution in [3.05, 3.63) is 0 Å². The molecule has 0 saturated heterocycles. The Bertz CT molecular complexity index is 104. The molecule has 80 valence electrons. The molecule has 0 heterocycles. The van der Waals surface area contributed by atoms with Crippen molar-refractivity contribution in [3.63, 3.8) is 0 Å². The Balaban J connectivity index is 3.07. The number of aliphatic hydroxyl groups excluding tert-OH is 1. The fourth-order valence-electron chi connectivity index (χ4n) is 0.781. The fourth-order valence-corrected chi connectivity index (χ4v) is 0.781. The van der Waals surface area contributed by atoms with Crippen molar-refractivity contribution in [2.24, 2.45) is 0 Å². The third-order valence-electron chi connectivity index (χ3n) is 1.93. The molecule has 13 heavy (non-hydrogen) atoms. The first-order chi connectivity index (χ1) is 6.18. The summed E-state index contributed by atoms with van der Waals surface area (Å²) in [4.78, 5) is 0. The van der Waals surface area contributed by atoms with Gasteiger partial charge in [-0.15, -0.1) is 0 Å². The van der Waals surface area contributed by atoms with Gasteiger partial charge in [-0.3, -0.25) is 0 Å². The second kappa shape index (κ2) is 8.48. The maximum absolute atomic E-state index is 9.10. The molecule has 0 aromatic carbocycles. The van der Waals surface area contributed by atoms with Crippen molar-refractivity contribution < 1.29 is 14.6 Å². The summed E-state index contributed by atoms with van der Waals surface area (Å²) in [5.74, 6) is 0. The van der Waals surface area contributed by atoms with Crippen LogP contribution in [0, 0.1) is 0 Å². The maximum atomic E-state index is 9.10. The quantitative estimate of drug-likeness (QED) is 0.591. The molecule has 2 atom stereocenters. The van der Waals surface area contributed by atoms with E-state index in [2.05, 4.69) is 6.92 Å². The number of unbranched alkanes of at least 4 members (excludes halogenated alkanes) is 1. The predicted octanol–water partition coefficient (Wildman–Crippen LogP) is 1.59. The first-order valence-electron chi connectivity index (χ1n) is 5.06. The minimum atomic E-state index is -0.407. The van der Waals surface area contributed by atoms with Gasteiger partial charge in [0, 0.05) is 6.61 Å². The van der Waals surface area contributed by atoms with Crippen molar-refractivity contribution in [1.82, 2.24) is 0 Å². The minimum absolute atomic E-state index is 0.102. The van der Waals surface area contributed by atoms with Gasteiger partial charge in [-0.25, -0.2) is 0 Å². The molecule has 0 aliphatic rings. The van der Waals surface area contributed by atoms with E-state index in [1.165, 1.54) is 0 Å². The summed E-state index contributed by atoms with van der Waals surface area (Å²) >= 11 is 0. The van der Waals surface area contributed by atoms with E-state index in [0.29, 0.717) is 13.2 Å². The average molecular weight is 190 g/mol. The topological polar surface area (TPSA) is 38.7 Å². The lowest BCUT2D eigenvalue weighted by Crippen LogP contribution is -2.24. The second-order valence-electron chi connectivity index (χ2n) is 3.28. The van der Waals surface area contributed by atoms with Crippen LogP contribution < -0.4 is 0 Å². The van der Waals surface area contributed by atoms with Gasteiger partial charge in [0.1, 0.15) is 0 Å². The Kier molecular flexibility index (Phi) is 8.40. The highest BCUT2D eigenvalue weighted by atomic mass is 16.5. The number of hydrogen-bond acceptors (Lipinski definition) is 3. The van der Waals surface area contributed by atoms with Gasteiger partial charge in [0.15, 0.2) is 0 Å². The second-order valence-corrected chi connectivity index (χ2v) is 3.28. The zero-order chi connectivity index (χ0) is 10.1.